The predicted octanol–water partition coefficient (Wildman–Crippen LogP) is 3.00. The molecule has 0 fully saturated rings. The number of methoxy groups -OCH3 is 1. The quantitative estimate of drug-likeness (QED) is 0.881. The Bertz CT molecular complexity index is 438. The van der Waals surface area contributed by atoms with Gasteiger partial charge in [0.1, 0.15) is 5.75 Å². The smallest absolute Gasteiger partial charge is 0.129 e. The van der Waals surface area contributed by atoms with Crippen LogP contribution in [-0.4, -0.2) is 7.11 Å². The topological polar surface area (TPSA) is 35.2 Å². The summed E-state index contributed by atoms with van der Waals surface area (Å²) < 4.78 is 5.15. The molecule has 0 bridgehead atoms. The van der Waals surface area contributed by atoms with Crippen molar-refractivity contribution in [2.45, 2.75) is 12.5 Å². The Kier molecular flexibility index (Phi) is 3.59. The van der Waals surface area contributed by atoms with E-state index in [-0.39, 0.29) is 6.04 Å². The third-order valence-corrected chi connectivity index (χ3v) is 3.54. The molecule has 2 N–H and O–H groups in total. The van der Waals surface area contributed by atoms with Gasteiger partial charge in [-0.25, -0.2) is 0 Å². The molecule has 84 valence electrons. The van der Waals surface area contributed by atoms with Crippen LogP contribution in [0.5, 0.6) is 5.75 Å². The summed E-state index contributed by atoms with van der Waals surface area (Å²) in [6, 6.07) is 12.4. The van der Waals surface area contributed by atoms with Gasteiger partial charge in [0.15, 0.2) is 0 Å². The summed E-state index contributed by atoms with van der Waals surface area (Å²) in [6.07, 6.45) is 0.866. The Morgan fingerprint density at radius 3 is 2.69 bits per heavy atom. The maximum atomic E-state index is 6.15. The van der Waals surface area contributed by atoms with Gasteiger partial charge in [-0.3, -0.25) is 0 Å². The van der Waals surface area contributed by atoms with Crippen molar-refractivity contribution in [3.63, 3.8) is 0 Å². The maximum Gasteiger partial charge on any atom is 0.129 e. The molecule has 2 nitrogen and oxygen atoms in total. The lowest BCUT2D eigenvalue weighted by Crippen LogP contribution is -2.11. The second-order valence-electron chi connectivity index (χ2n) is 3.69. The summed E-state index contributed by atoms with van der Waals surface area (Å²) in [7, 11) is 1.68. The van der Waals surface area contributed by atoms with Crippen LogP contribution in [0.1, 0.15) is 16.5 Å². The molecule has 1 aromatic heterocycles. The zero-order valence-corrected chi connectivity index (χ0v) is 10.0. The molecule has 3 heteroatoms. The monoisotopic (exact) mass is 233 g/mol. The molecule has 0 aliphatic carbocycles. The first-order valence-electron chi connectivity index (χ1n) is 5.21. The molecule has 1 heterocycles. The molecule has 0 radical (unpaired) electrons. The summed E-state index contributed by atoms with van der Waals surface area (Å²) in [6.45, 7) is 0. The minimum absolute atomic E-state index is 0.0521. The minimum Gasteiger partial charge on any atom is -0.496 e. The van der Waals surface area contributed by atoms with E-state index in [9.17, 15) is 0 Å². The van der Waals surface area contributed by atoms with E-state index in [0.29, 0.717) is 0 Å². The summed E-state index contributed by atoms with van der Waals surface area (Å²) >= 11 is 1.65. The molecule has 0 aliphatic rings. The lowest BCUT2D eigenvalue weighted by atomic mass is 10.1. The van der Waals surface area contributed by atoms with Crippen LogP contribution in [0.4, 0.5) is 0 Å². The predicted molar refractivity (Wildman–Crippen MR) is 67.9 cm³/mol. The molecule has 0 aliphatic heterocycles. The van der Waals surface area contributed by atoms with E-state index >= 15 is 0 Å². The highest BCUT2D eigenvalue weighted by Gasteiger charge is 2.09. The van der Waals surface area contributed by atoms with Crippen LogP contribution < -0.4 is 10.5 Å². The van der Waals surface area contributed by atoms with Gasteiger partial charge < -0.3 is 10.5 Å². The zero-order chi connectivity index (χ0) is 11.4. The Labute approximate surface area is 99.7 Å². The van der Waals surface area contributed by atoms with Crippen LogP contribution in [0.15, 0.2) is 41.8 Å². The highest BCUT2D eigenvalue weighted by molar-refractivity contribution is 7.10. The lowest BCUT2D eigenvalue weighted by molar-refractivity contribution is 0.416. The van der Waals surface area contributed by atoms with Gasteiger partial charge in [0.25, 0.3) is 0 Å². The average molecular weight is 233 g/mol. The van der Waals surface area contributed by atoms with Crippen molar-refractivity contribution >= 4 is 11.3 Å². The molecule has 16 heavy (non-hydrogen) atoms. The molecule has 2 rings (SSSR count). The zero-order valence-electron chi connectivity index (χ0n) is 9.22. The van der Waals surface area contributed by atoms with Gasteiger partial charge in [-0.2, -0.15) is 0 Å². The normalized spacial score (nSPS) is 12.4. The van der Waals surface area contributed by atoms with Gasteiger partial charge in [0, 0.05) is 16.3 Å². The van der Waals surface area contributed by atoms with Crippen molar-refractivity contribution in [2.75, 3.05) is 7.11 Å². The van der Waals surface area contributed by atoms with E-state index < -0.39 is 0 Å². The van der Waals surface area contributed by atoms with Crippen molar-refractivity contribution in [3.8, 4) is 5.75 Å². The van der Waals surface area contributed by atoms with E-state index in [1.165, 1.54) is 10.4 Å². The van der Waals surface area contributed by atoms with Crippen molar-refractivity contribution in [3.05, 3.63) is 52.2 Å². The van der Waals surface area contributed by atoms with E-state index in [4.69, 9.17) is 10.5 Å². The van der Waals surface area contributed by atoms with Gasteiger partial charge in [-0.1, -0.05) is 30.3 Å². The maximum absolute atomic E-state index is 6.15. The van der Waals surface area contributed by atoms with E-state index in [2.05, 4.69) is 12.1 Å². The fourth-order valence-electron chi connectivity index (χ4n) is 1.60. The number of thiophene rings is 1. The standard InChI is InChI=1S/C13H15NOS/c1-15-11-8-13(16-9-11)12(14)7-10-5-3-2-4-6-10/h2-6,8-9,12H,7,14H2,1H3. The molecule has 0 saturated carbocycles. The number of benzene rings is 1. The number of hydrogen-bond acceptors (Lipinski definition) is 3. The summed E-state index contributed by atoms with van der Waals surface area (Å²) in [4.78, 5) is 1.17. The van der Waals surface area contributed by atoms with Gasteiger partial charge in [-0.15, -0.1) is 11.3 Å². The third kappa shape index (κ3) is 2.62. The van der Waals surface area contributed by atoms with Crippen LogP contribution in [0.3, 0.4) is 0 Å². The van der Waals surface area contributed by atoms with Crippen molar-refractivity contribution in [1.82, 2.24) is 0 Å². The SMILES string of the molecule is COc1csc(C(N)Cc2ccccc2)c1. The van der Waals surface area contributed by atoms with E-state index in [1.807, 2.05) is 29.6 Å². The molecular formula is C13H15NOS. The second-order valence-corrected chi connectivity index (χ2v) is 4.63. The number of ether oxygens (including phenoxy) is 1. The first-order valence-corrected chi connectivity index (χ1v) is 6.09. The molecule has 0 amide bonds. The molecule has 0 saturated heterocycles. The Hall–Kier alpha value is -1.32. The van der Waals surface area contributed by atoms with Crippen molar-refractivity contribution in [1.29, 1.82) is 0 Å². The van der Waals surface area contributed by atoms with Crippen LogP contribution in [0.25, 0.3) is 0 Å². The number of rotatable bonds is 4. The summed E-state index contributed by atoms with van der Waals surface area (Å²) in [5, 5.41) is 1.99. The minimum atomic E-state index is 0.0521. The molecule has 1 aromatic carbocycles. The van der Waals surface area contributed by atoms with Crippen molar-refractivity contribution < 1.29 is 4.74 Å². The average Bonchev–Trinajstić information content (AvgIpc) is 2.79. The molecule has 2 aromatic rings. The lowest BCUT2D eigenvalue weighted by Gasteiger charge is -2.08. The number of hydrogen-bond donors (Lipinski definition) is 1. The third-order valence-electron chi connectivity index (χ3n) is 2.50. The second kappa shape index (κ2) is 5.14. The fourth-order valence-corrected chi connectivity index (χ4v) is 2.46. The largest absolute Gasteiger partial charge is 0.496 e. The molecular weight excluding hydrogens is 218 g/mol. The Balaban J connectivity index is 2.05. The fraction of sp³-hybridized carbons (Fsp3) is 0.231. The highest BCUT2D eigenvalue weighted by Crippen LogP contribution is 2.27. The first-order chi connectivity index (χ1) is 7.79. The van der Waals surface area contributed by atoms with Crippen LogP contribution >= 0.6 is 11.3 Å². The number of nitrogens with two attached hydrogens (primary N) is 1. The van der Waals surface area contributed by atoms with Gasteiger partial charge in [0.2, 0.25) is 0 Å². The molecule has 1 atom stereocenters. The van der Waals surface area contributed by atoms with Gasteiger partial charge >= 0.3 is 0 Å². The first kappa shape index (κ1) is 11.2. The van der Waals surface area contributed by atoms with E-state index in [1.54, 1.807) is 18.4 Å². The summed E-state index contributed by atoms with van der Waals surface area (Å²) in [5.74, 6) is 0.892. The molecule has 1 unspecified atom stereocenters. The van der Waals surface area contributed by atoms with Crippen molar-refractivity contribution in [2.24, 2.45) is 5.73 Å². The molecule has 0 spiro atoms. The van der Waals surface area contributed by atoms with Gasteiger partial charge in [0.05, 0.1) is 7.11 Å². The summed E-state index contributed by atoms with van der Waals surface area (Å²) in [5.41, 5.74) is 7.42. The highest BCUT2D eigenvalue weighted by atomic mass is 32.1. The Morgan fingerprint density at radius 1 is 1.31 bits per heavy atom. The van der Waals surface area contributed by atoms with Crippen LogP contribution in [-0.2, 0) is 6.42 Å². The van der Waals surface area contributed by atoms with E-state index in [0.717, 1.165) is 12.2 Å². The van der Waals surface area contributed by atoms with Gasteiger partial charge in [-0.05, 0) is 18.1 Å². The Morgan fingerprint density at radius 2 is 2.06 bits per heavy atom. The van der Waals surface area contributed by atoms with Crippen LogP contribution in [0, 0.1) is 0 Å². The van der Waals surface area contributed by atoms with Crippen LogP contribution in [0.2, 0.25) is 0 Å².